The first-order chi connectivity index (χ1) is 6.36. The molecule has 0 saturated heterocycles. The van der Waals surface area contributed by atoms with Crippen LogP contribution in [0, 0.1) is 0 Å². The molecule has 2 heterocycles. The van der Waals surface area contributed by atoms with E-state index in [9.17, 15) is 0 Å². The second kappa shape index (κ2) is 3.14. The topological polar surface area (TPSA) is 77.0 Å². The van der Waals surface area contributed by atoms with Crippen molar-refractivity contribution in [2.75, 3.05) is 11.1 Å². The van der Waals surface area contributed by atoms with Crippen LogP contribution in [0.3, 0.4) is 0 Å². The average Bonchev–Trinajstić information content (AvgIpc) is 2.61. The normalized spacial score (nSPS) is 9.85. The maximum atomic E-state index is 5.65. The first-order valence-corrected chi connectivity index (χ1v) is 3.71. The Kier molecular flexibility index (Phi) is 1.84. The highest BCUT2D eigenvalue weighted by Gasteiger charge is 2.00. The van der Waals surface area contributed by atoms with Gasteiger partial charge >= 0.3 is 0 Å². The van der Waals surface area contributed by atoms with Crippen LogP contribution >= 0.6 is 0 Å². The van der Waals surface area contributed by atoms with Crippen molar-refractivity contribution in [3.05, 3.63) is 31.1 Å². The molecule has 0 aliphatic heterocycles. The predicted octanol–water partition coefficient (Wildman–Crippen LogP) is 1.40. The summed E-state index contributed by atoms with van der Waals surface area (Å²) in [6.45, 7) is 0. The number of rotatable bonds is 2. The van der Waals surface area contributed by atoms with E-state index in [1.807, 2.05) is 0 Å². The minimum atomic E-state index is 0.554. The van der Waals surface area contributed by atoms with E-state index in [1.165, 1.54) is 6.39 Å². The summed E-state index contributed by atoms with van der Waals surface area (Å²) in [5, 5.41) is 2.96. The highest BCUT2D eigenvalue weighted by molar-refractivity contribution is 5.68. The Morgan fingerprint density at radius 3 is 2.92 bits per heavy atom. The molecule has 0 aliphatic rings. The minimum Gasteiger partial charge on any atom is -0.428 e. The van der Waals surface area contributed by atoms with Gasteiger partial charge in [-0.15, -0.1) is 0 Å². The first-order valence-electron chi connectivity index (χ1n) is 3.71. The van der Waals surface area contributed by atoms with Crippen molar-refractivity contribution in [3.8, 4) is 0 Å². The molecule has 2 aromatic rings. The molecule has 66 valence electrons. The van der Waals surface area contributed by atoms with E-state index in [2.05, 4.69) is 15.3 Å². The van der Waals surface area contributed by atoms with Crippen molar-refractivity contribution in [1.82, 2.24) is 9.97 Å². The van der Waals surface area contributed by atoms with Gasteiger partial charge in [-0.1, -0.05) is 0 Å². The molecule has 0 unspecified atom stereocenters. The van der Waals surface area contributed by atoms with Crippen LogP contribution in [0.25, 0.3) is 0 Å². The van der Waals surface area contributed by atoms with E-state index in [1.54, 1.807) is 24.7 Å². The van der Waals surface area contributed by atoms with Gasteiger partial charge in [0, 0.05) is 6.20 Å². The largest absolute Gasteiger partial charge is 0.428 e. The van der Waals surface area contributed by atoms with Crippen LogP contribution in [-0.2, 0) is 0 Å². The smallest absolute Gasteiger partial charge is 0.217 e. The predicted molar refractivity (Wildman–Crippen MR) is 48.4 cm³/mol. The Morgan fingerprint density at radius 1 is 1.31 bits per heavy atom. The van der Waals surface area contributed by atoms with Gasteiger partial charge in [-0.25, -0.2) is 4.98 Å². The van der Waals surface area contributed by atoms with Gasteiger partial charge in [-0.2, -0.15) is 0 Å². The summed E-state index contributed by atoms with van der Waals surface area (Å²) >= 11 is 0. The molecule has 0 aromatic carbocycles. The van der Waals surface area contributed by atoms with Gasteiger partial charge in [0.1, 0.15) is 0 Å². The second-order valence-electron chi connectivity index (χ2n) is 2.45. The van der Waals surface area contributed by atoms with E-state index in [0.29, 0.717) is 11.6 Å². The molecule has 0 fully saturated rings. The quantitative estimate of drug-likeness (QED) is 0.723. The molecule has 0 atom stereocenters. The Balaban J connectivity index is 2.24. The summed E-state index contributed by atoms with van der Waals surface area (Å²) < 4.78 is 4.99. The third-order valence-electron chi connectivity index (χ3n) is 1.54. The molecule has 2 rings (SSSR count). The molecule has 0 radical (unpaired) electrons. The van der Waals surface area contributed by atoms with Gasteiger partial charge in [0.15, 0.2) is 6.39 Å². The van der Waals surface area contributed by atoms with Crippen molar-refractivity contribution in [3.63, 3.8) is 0 Å². The number of nitrogens with zero attached hydrogens (tertiary/aromatic N) is 2. The van der Waals surface area contributed by atoms with Crippen molar-refractivity contribution >= 4 is 17.3 Å². The molecule has 5 heteroatoms. The van der Waals surface area contributed by atoms with Crippen molar-refractivity contribution in [2.45, 2.75) is 0 Å². The van der Waals surface area contributed by atoms with E-state index >= 15 is 0 Å². The highest BCUT2D eigenvalue weighted by atomic mass is 16.4. The van der Waals surface area contributed by atoms with Crippen molar-refractivity contribution in [1.29, 1.82) is 0 Å². The van der Waals surface area contributed by atoms with E-state index in [0.717, 1.165) is 5.69 Å². The molecule has 5 nitrogen and oxygen atoms in total. The van der Waals surface area contributed by atoms with Gasteiger partial charge in [0.2, 0.25) is 5.88 Å². The fourth-order valence-electron chi connectivity index (χ4n) is 0.931. The molecule has 0 aliphatic carbocycles. The van der Waals surface area contributed by atoms with E-state index in [4.69, 9.17) is 10.2 Å². The number of pyridine rings is 1. The van der Waals surface area contributed by atoms with Crippen LogP contribution in [0.2, 0.25) is 0 Å². The zero-order valence-electron chi connectivity index (χ0n) is 6.77. The lowest BCUT2D eigenvalue weighted by Crippen LogP contribution is -1.95. The summed E-state index contributed by atoms with van der Waals surface area (Å²) in [7, 11) is 0. The van der Waals surface area contributed by atoms with Crippen LogP contribution in [0.15, 0.2) is 35.5 Å². The zero-order chi connectivity index (χ0) is 9.10. The molecule has 0 spiro atoms. The van der Waals surface area contributed by atoms with Crippen LogP contribution in [-0.4, -0.2) is 9.97 Å². The standard InChI is InChI=1S/C8H8N4O/c9-6-3-10-2-1-7(6)12-8-4-11-5-13-8/h1-5H,9H2,(H,10,12). The van der Waals surface area contributed by atoms with Crippen LogP contribution in [0.4, 0.5) is 17.3 Å². The van der Waals surface area contributed by atoms with E-state index in [-0.39, 0.29) is 0 Å². The van der Waals surface area contributed by atoms with Gasteiger partial charge in [-0.3, -0.25) is 4.98 Å². The SMILES string of the molecule is Nc1cnccc1Nc1cnco1. The van der Waals surface area contributed by atoms with E-state index < -0.39 is 0 Å². The third-order valence-corrected chi connectivity index (χ3v) is 1.54. The van der Waals surface area contributed by atoms with Crippen LogP contribution < -0.4 is 11.1 Å². The van der Waals surface area contributed by atoms with Crippen LogP contribution in [0.1, 0.15) is 0 Å². The summed E-state index contributed by atoms with van der Waals surface area (Å²) in [5.41, 5.74) is 6.97. The lowest BCUT2D eigenvalue weighted by molar-refractivity contribution is 0.575. The molecule has 2 aromatic heterocycles. The Bertz CT molecular complexity index is 385. The summed E-state index contributed by atoms with van der Waals surface area (Å²) in [6, 6.07) is 1.76. The minimum absolute atomic E-state index is 0.554. The zero-order valence-corrected chi connectivity index (χ0v) is 6.77. The van der Waals surface area contributed by atoms with Gasteiger partial charge in [0.25, 0.3) is 0 Å². The molecular formula is C8H8N4O. The fourth-order valence-corrected chi connectivity index (χ4v) is 0.931. The second-order valence-corrected chi connectivity index (χ2v) is 2.45. The van der Waals surface area contributed by atoms with Gasteiger partial charge in [0.05, 0.1) is 23.8 Å². The number of anilines is 3. The number of nitrogen functional groups attached to an aromatic ring is 1. The van der Waals surface area contributed by atoms with Crippen LogP contribution in [0.5, 0.6) is 0 Å². The molecule has 13 heavy (non-hydrogen) atoms. The Labute approximate surface area is 74.6 Å². The molecular weight excluding hydrogens is 168 g/mol. The number of hydrogen-bond acceptors (Lipinski definition) is 5. The fraction of sp³-hybridized carbons (Fsp3) is 0. The van der Waals surface area contributed by atoms with Gasteiger partial charge < -0.3 is 15.5 Å². The lowest BCUT2D eigenvalue weighted by atomic mass is 10.3. The number of oxazole rings is 1. The van der Waals surface area contributed by atoms with Crippen molar-refractivity contribution in [2.24, 2.45) is 0 Å². The lowest BCUT2D eigenvalue weighted by Gasteiger charge is -2.03. The third kappa shape index (κ3) is 1.58. The maximum absolute atomic E-state index is 5.65. The first kappa shape index (κ1) is 7.60. The van der Waals surface area contributed by atoms with Crippen molar-refractivity contribution < 1.29 is 4.42 Å². The number of nitrogens with one attached hydrogen (secondary N) is 1. The summed E-state index contributed by atoms with van der Waals surface area (Å²) in [6.07, 6.45) is 6.13. The average molecular weight is 176 g/mol. The number of aromatic nitrogens is 2. The molecule has 0 saturated carbocycles. The maximum Gasteiger partial charge on any atom is 0.217 e. The summed E-state index contributed by atoms with van der Waals surface area (Å²) in [5.74, 6) is 0.554. The molecule has 0 bridgehead atoms. The summed E-state index contributed by atoms with van der Waals surface area (Å²) in [4.78, 5) is 7.63. The molecule has 3 N–H and O–H groups in total. The number of nitrogens with two attached hydrogens (primary N) is 1. The Hall–Kier alpha value is -2.04. The monoisotopic (exact) mass is 176 g/mol. The Morgan fingerprint density at radius 2 is 2.23 bits per heavy atom. The molecule has 0 amide bonds. The highest BCUT2D eigenvalue weighted by Crippen LogP contribution is 2.20. The van der Waals surface area contributed by atoms with Gasteiger partial charge in [-0.05, 0) is 6.07 Å². The number of hydrogen-bond donors (Lipinski definition) is 2.